The molecule has 3 heteroatoms. The van der Waals surface area contributed by atoms with Gasteiger partial charge >= 0.3 is 5.97 Å². The number of hydrogen-bond acceptors (Lipinski definition) is 2. The lowest BCUT2D eigenvalue weighted by Gasteiger charge is -2.07. The van der Waals surface area contributed by atoms with Gasteiger partial charge in [0, 0.05) is 6.08 Å². The van der Waals surface area contributed by atoms with Gasteiger partial charge in [0.25, 0.3) is 0 Å². The second-order valence-electron chi connectivity index (χ2n) is 2.98. The molecule has 0 unspecified atom stereocenters. The van der Waals surface area contributed by atoms with E-state index < -0.39 is 5.97 Å². The topological polar surface area (TPSA) is 46.5 Å². The summed E-state index contributed by atoms with van der Waals surface area (Å²) in [5, 5.41) is 8.26. The molecule has 0 bridgehead atoms. The maximum absolute atomic E-state index is 10.1. The lowest BCUT2D eigenvalue weighted by Crippen LogP contribution is -2.07. The van der Waals surface area contributed by atoms with Crippen molar-refractivity contribution < 1.29 is 14.6 Å². The van der Waals surface area contributed by atoms with Gasteiger partial charge < -0.3 is 9.84 Å². The van der Waals surface area contributed by atoms with Crippen LogP contribution in [0, 0.1) is 0 Å². The molecule has 1 aliphatic carbocycles. The Labute approximate surface area is 72.0 Å². The fourth-order valence-corrected chi connectivity index (χ4v) is 1.40. The molecule has 0 aromatic heterocycles. The maximum atomic E-state index is 10.1. The number of carboxylic acids is 1. The second kappa shape index (κ2) is 4.93. The Bertz CT molecular complexity index is 169. The molecule has 1 aliphatic rings. The summed E-state index contributed by atoms with van der Waals surface area (Å²) in [7, 11) is 0. The molecule has 0 aromatic carbocycles. The Morgan fingerprint density at radius 3 is 2.75 bits per heavy atom. The van der Waals surface area contributed by atoms with Gasteiger partial charge in [-0.3, -0.25) is 0 Å². The van der Waals surface area contributed by atoms with Crippen molar-refractivity contribution in [2.24, 2.45) is 0 Å². The van der Waals surface area contributed by atoms with Crippen molar-refractivity contribution >= 4 is 5.97 Å². The monoisotopic (exact) mass is 170 g/mol. The van der Waals surface area contributed by atoms with Gasteiger partial charge in [-0.05, 0) is 12.8 Å². The molecule has 0 atom stereocenters. The molecule has 3 nitrogen and oxygen atoms in total. The molecule has 0 saturated heterocycles. The van der Waals surface area contributed by atoms with Gasteiger partial charge in [-0.15, -0.1) is 0 Å². The molecular formula is C9H14O3. The van der Waals surface area contributed by atoms with E-state index in [9.17, 15) is 4.79 Å². The molecule has 1 rings (SSSR count). The van der Waals surface area contributed by atoms with Crippen LogP contribution in [0.2, 0.25) is 0 Å². The van der Waals surface area contributed by atoms with E-state index in [-0.39, 0.29) is 0 Å². The minimum Gasteiger partial charge on any atom is -0.478 e. The van der Waals surface area contributed by atoms with Crippen molar-refractivity contribution in [2.75, 3.05) is 6.61 Å². The Balaban J connectivity index is 2.05. The lowest BCUT2D eigenvalue weighted by molar-refractivity contribution is -0.131. The summed E-state index contributed by atoms with van der Waals surface area (Å²) in [4.78, 5) is 10.1. The van der Waals surface area contributed by atoms with Crippen molar-refractivity contribution in [3.05, 3.63) is 12.2 Å². The molecule has 0 amide bonds. The average molecular weight is 170 g/mol. The minimum atomic E-state index is -0.912. The first-order valence-corrected chi connectivity index (χ1v) is 4.30. The van der Waals surface area contributed by atoms with E-state index in [0.717, 1.165) is 18.9 Å². The summed E-state index contributed by atoms with van der Waals surface area (Å²) in [6.45, 7) is 0.428. The second-order valence-corrected chi connectivity index (χ2v) is 2.98. The number of carboxylic acid groups (broad SMARTS) is 1. The first-order valence-electron chi connectivity index (χ1n) is 4.30. The summed E-state index contributed by atoms with van der Waals surface area (Å²) in [6, 6.07) is 0. The summed E-state index contributed by atoms with van der Waals surface area (Å²) in [6.07, 6.45) is 7.77. The van der Waals surface area contributed by atoms with Gasteiger partial charge in [0.15, 0.2) is 0 Å². The average Bonchev–Trinajstić information content (AvgIpc) is 2.49. The first kappa shape index (κ1) is 9.26. The predicted molar refractivity (Wildman–Crippen MR) is 45.0 cm³/mol. The largest absolute Gasteiger partial charge is 0.478 e. The van der Waals surface area contributed by atoms with E-state index >= 15 is 0 Å². The SMILES string of the molecule is O=C(O)C=CCOC1CCCC1. The van der Waals surface area contributed by atoms with Crippen molar-refractivity contribution in [1.29, 1.82) is 0 Å². The van der Waals surface area contributed by atoms with Crippen LogP contribution in [-0.2, 0) is 9.53 Å². The highest BCUT2D eigenvalue weighted by atomic mass is 16.5. The zero-order valence-corrected chi connectivity index (χ0v) is 7.03. The van der Waals surface area contributed by atoms with E-state index in [1.54, 1.807) is 6.08 Å². The van der Waals surface area contributed by atoms with Gasteiger partial charge in [0.1, 0.15) is 0 Å². The van der Waals surface area contributed by atoms with E-state index in [1.807, 2.05) is 0 Å². The fourth-order valence-electron chi connectivity index (χ4n) is 1.40. The highest BCUT2D eigenvalue weighted by molar-refractivity contribution is 5.79. The zero-order valence-electron chi connectivity index (χ0n) is 7.03. The van der Waals surface area contributed by atoms with Crippen molar-refractivity contribution in [2.45, 2.75) is 31.8 Å². The van der Waals surface area contributed by atoms with Crippen LogP contribution in [0.3, 0.4) is 0 Å². The van der Waals surface area contributed by atoms with E-state index in [0.29, 0.717) is 12.7 Å². The van der Waals surface area contributed by atoms with Crippen molar-refractivity contribution in [1.82, 2.24) is 0 Å². The zero-order chi connectivity index (χ0) is 8.81. The van der Waals surface area contributed by atoms with Crippen LogP contribution in [0.25, 0.3) is 0 Å². The molecule has 1 fully saturated rings. The van der Waals surface area contributed by atoms with Crippen LogP contribution in [0.4, 0.5) is 0 Å². The fraction of sp³-hybridized carbons (Fsp3) is 0.667. The number of aliphatic carboxylic acids is 1. The van der Waals surface area contributed by atoms with Crippen LogP contribution in [0.15, 0.2) is 12.2 Å². The maximum Gasteiger partial charge on any atom is 0.328 e. The van der Waals surface area contributed by atoms with Gasteiger partial charge in [0.05, 0.1) is 12.7 Å². The molecular weight excluding hydrogens is 156 g/mol. The highest BCUT2D eigenvalue weighted by Crippen LogP contribution is 2.20. The Kier molecular flexibility index (Phi) is 3.80. The summed E-state index contributed by atoms with van der Waals surface area (Å²) in [5.74, 6) is -0.912. The number of ether oxygens (including phenoxy) is 1. The minimum absolute atomic E-state index is 0.364. The Morgan fingerprint density at radius 1 is 1.50 bits per heavy atom. The van der Waals surface area contributed by atoms with Gasteiger partial charge in [-0.2, -0.15) is 0 Å². The molecule has 0 aliphatic heterocycles. The highest BCUT2D eigenvalue weighted by Gasteiger charge is 2.13. The van der Waals surface area contributed by atoms with Gasteiger partial charge in [-0.25, -0.2) is 4.79 Å². The van der Waals surface area contributed by atoms with E-state index in [4.69, 9.17) is 9.84 Å². The third-order valence-corrected chi connectivity index (χ3v) is 1.99. The molecule has 0 spiro atoms. The van der Waals surface area contributed by atoms with Gasteiger partial charge in [-0.1, -0.05) is 18.9 Å². The third kappa shape index (κ3) is 3.53. The Hall–Kier alpha value is -0.830. The normalized spacial score (nSPS) is 19.0. The predicted octanol–water partition coefficient (Wildman–Crippen LogP) is 1.59. The third-order valence-electron chi connectivity index (χ3n) is 1.99. The van der Waals surface area contributed by atoms with Crippen LogP contribution >= 0.6 is 0 Å². The number of carbonyl (C=O) groups is 1. The number of hydrogen-bond donors (Lipinski definition) is 1. The molecule has 1 N–H and O–H groups in total. The van der Waals surface area contributed by atoms with E-state index in [1.165, 1.54) is 12.8 Å². The molecule has 0 aromatic rings. The van der Waals surface area contributed by atoms with Crippen LogP contribution in [0.5, 0.6) is 0 Å². The first-order chi connectivity index (χ1) is 5.79. The van der Waals surface area contributed by atoms with Gasteiger partial charge in [0.2, 0.25) is 0 Å². The van der Waals surface area contributed by atoms with Crippen molar-refractivity contribution in [3.8, 4) is 0 Å². The summed E-state index contributed by atoms with van der Waals surface area (Å²) < 4.78 is 5.40. The molecule has 0 heterocycles. The smallest absolute Gasteiger partial charge is 0.328 e. The van der Waals surface area contributed by atoms with Crippen molar-refractivity contribution in [3.63, 3.8) is 0 Å². The quantitative estimate of drug-likeness (QED) is 0.651. The Morgan fingerprint density at radius 2 is 2.17 bits per heavy atom. The molecule has 0 radical (unpaired) electrons. The lowest BCUT2D eigenvalue weighted by atomic mass is 10.3. The van der Waals surface area contributed by atoms with Crippen LogP contribution in [0.1, 0.15) is 25.7 Å². The summed E-state index contributed by atoms with van der Waals surface area (Å²) >= 11 is 0. The van der Waals surface area contributed by atoms with E-state index in [2.05, 4.69) is 0 Å². The standard InChI is InChI=1S/C9H14O3/c10-9(11)6-3-7-12-8-4-1-2-5-8/h3,6,8H,1-2,4-5,7H2,(H,10,11). The molecule has 12 heavy (non-hydrogen) atoms. The summed E-state index contributed by atoms with van der Waals surface area (Å²) in [5.41, 5.74) is 0. The van der Waals surface area contributed by atoms with Crippen LogP contribution < -0.4 is 0 Å². The molecule has 1 saturated carbocycles. The molecule has 68 valence electrons. The van der Waals surface area contributed by atoms with Crippen LogP contribution in [-0.4, -0.2) is 23.8 Å². The number of rotatable bonds is 4.